The third-order valence-corrected chi connectivity index (χ3v) is 2.82. The minimum atomic E-state index is -0.469. The molecule has 6 heteroatoms. The van der Waals surface area contributed by atoms with Gasteiger partial charge in [0.25, 0.3) is 5.91 Å². The number of carbonyl (C=O) groups excluding carboxylic acids is 1. The molecule has 0 aromatic heterocycles. The van der Waals surface area contributed by atoms with Crippen LogP contribution in [-0.4, -0.2) is 29.8 Å². The number of para-hydroxylation sites is 2. The minimum Gasteiger partial charge on any atom is -0.506 e. The van der Waals surface area contributed by atoms with Crippen molar-refractivity contribution in [2.24, 2.45) is 5.73 Å². The largest absolute Gasteiger partial charge is 0.506 e. The maximum absolute atomic E-state index is 11.8. The van der Waals surface area contributed by atoms with Gasteiger partial charge in [-0.1, -0.05) is 12.1 Å². The predicted molar refractivity (Wildman–Crippen MR) is 70.9 cm³/mol. The van der Waals surface area contributed by atoms with E-state index in [2.05, 4.69) is 5.32 Å². The van der Waals surface area contributed by atoms with Gasteiger partial charge in [-0.15, -0.1) is 12.4 Å². The molecule has 2 atom stereocenters. The van der Waals surface area contributed by atoms with Crippen molar-refractivity contribution in [2.45, 2.75) is 25.0 Å². The highest BCUT2D eigenvalue weighted by molar-refractivity contribution is 5.95. The van der Waals surface area contributed by atoms with Gasteiger partial charge in [0, 0.05) is 6.54 Å². The predicted octanol–water partition coefficient (Wildman–Crippen LogP) is 1.26. The first-order chi connectivity index (χ1) is 8.20. The molecule has 18 heavy (non-hydrogen) atoms. The summed E-state index contributed by atoms with van der Waals surface area (Å²) in [6.45, 7) is 0.431. The number of benzene rings is 1. The lowest BCUT2D eigenvalue weighted by atomic mass is 10.2. The number of phenols is 1. The molecule has 1 saturated heterocycles. The number of amides is 1. The number of aromatic hydroxyl groups is 1. The van der Waals surface area contributed by atoms with E-state index < -0.39 is 6.10 Å². The number of ether oxygens (including phenoxy) is 1. The number of halogens is 1. The summed E-state index contributed by atoms with van der Waals surface area (Å²) in [5, 5.41) is 12.2. The molecule has 5 nitrogen and oxygen atoms in total. The summed E-state index contributed by atoms with van der Waals surface area (Å²) in [4.78, 5) is 11.8. The van der Waals surface area contributed by atoms with Crippen molar-refractivity contribution in [3.8, 4) is 5.75 Å². The van der Waals surface area contributed by atoms with Crippen LogP contribution in [0.4, 0.5) is 5.69 Å². The number of anilines is 1. The number of nitrogens with two attached hydrogens (primary N) is 1. The first kappa shape index (κ1) is 14.8. The molecule has 1 heterocycles. The summed E-state index contributed by atoms with van der Waals surface area (Å²) in [6, 6.07) is 6.60. The maximum Gasteiger partial charge on any atom is 0.253 e. The highest BCUT2D eigenvalue weighted by Crippen LogP contribution is 2.24. The molecule has 0 radical (unpaired) electrons. The Balaban J connectivity index is 0.00000162. The van der Waals surface area contributed by atoms with E-state index in [0.717, 1.165) is 6.42 Å². The van der Waals surface area contributed by atoms with Gasteiger partial charge in [-0.25, -0.2) is 0 Å². The number of nitrogens with one attached hydrogen (secondary N) is 1. The molecule has 1 amide bonds. The summed E-state index contributed by atoms with van der Waals surface area (Å²) in [5.41, 5.74) is 5.88. The zero-order valence-corrected chi connectivity index (χ0v) is 10.7. The molecular weight excluding hydrogens is 256 g/mol. The lowest BCUT2D eigenvalue weighted by Crippen LogP contribution is -2.29. The monoisotopic (exact) mass is 272 g/mol. The van der Waals surface area contributed by atoms with Crippen molar-refractivity contribution in [3.05, 3.63) is 24.3 Å². The van der Waals surface area contributed by atoms with Gasteiger partial charge in [0.1, 0.15) is 11.9 Å². The van der Waals surface area contributed by atoms with E-state index in [1.807, 2.05) is 0 Å². The summed E-state index contributed by atoms with van der Waals surface area (Å²) < 4.78 is 5.47. The highest BCUT2D eigenvalue weighted by atomic mass is 35.5. The molecule has 0 aliphatic carbocycles. The van der Waals surface area contributed by atoms with Crippen molar-refractivity contribution in [1.29, 1.82) is 0 Å². The standard InChI is InChI=1S/C12H16N2O3.ClH/c13-7-8-5-6-11(17-8)12(16)14-9-3-1-2-4-10(9)15;/h1-4,8,11,15H,5-7,13H2,(H,14,16);1H/t8-,11+;/m1./s1. The van der Waals surface area contributed by atoms with Crippen molar-refractivity contribution in [3.63, 3.8) is 0 Å². The first-order valence-electron chi connectivity index (χ1n) is 5.65. The van der Waals surface area contributed by atoms with E-state index in [4.69, 9.17) is 10.5 Å². The van der Waals surface area contributed by atoms with Crippen LogP contribution >= 0.6 is 12.4 Å². The van der Waals surface area contributed by atoms with Gasteiger partial charge >= 0.3 is 0 Å². The topological polar surface area (TPSA) is 84.6 Å². The number of phenolic OH excluding ortho intramolecular Hbond substituents is 1. The van der Waals surface area contributed by atoms with Gasteiger partial charge in [-0.05, 0) is 25.0 Å². The molecule has 1 aromatic rings. The van der Waals surface area contributed by atoms with E-state index in [1.54, 1.807) is 18.2 Å². The fourth-order valence-electron chi connectivity index (χ4n) is 1.86. The lowest BCUT2D eigenvalue weighted by molar-refractivity contribution is -0.126. The Hall–Kier alpha value is -1.30. The Kier molecular flexibility index (Phi) is 5.40. The van der Waals surface area contributed by atoms with Crippen molar-refractivity contribution in [2.75, 3.05) is 11.9 Å². The van der Waals surface area contributed by atoms with Gasteiger partial charge in [0.15, 0.2) is 0 Å². The maximum atomic E-state index is 11.8. The molecule has 1 aromatic carbocycles. The quantitative estimate of drug-likeness (QED) is 0.723. The molecule has 2 rings (SSSR count). The van der Waals surface area contributed by atoms with Crippen molar-refractivity contribution in [1.82, 2.24) is 0 Å². The molecule has 0 bridgehead atoms. The molecule has 0 unspecified atom stereocenters. The highest BCUT2D eigenvalue weighted by Gasteiger charge is 2.30. The Morgan fingerprint density at radius 1 is 1.44 bits per heavy atom. The fraction of sp³-hybridized carbons (Fsp3) is 0.417. The van der Waals surface area contributed by atoms with Crippen LogP contribution in [0.25, 0.3) is 0 Å². The van der Waals surface area contributed by atoms with Crippen LogP contribution in [-0.2, 0) is 9.53 Å². The molecule has 1 aliphatic rings. The molecule has 0 saturated carbocycles. The van der Waals surface area contributed by atoms with Gasteiger partial charge < -0.3 is 20.9 Å². The van der Waals surface area contributed by atoms with Crippen molar-refractivity contribution < 1.29 is 14.6 Å². The van der Waals surface area contributed by atoms with Gasteiger partial charge in [0.05, 0.1) is 11.8 Å². The van der Waals surface area contributed by atoms with Crippen LogP contribution in [0.3, 0.4) is 0 Å². The lowest BCUT2D eigenvalue weighted by Gasteiger charge is -2.13. The zero-order chi connectivity index (χ0) is 12.3. The number of rotatable bonds is 3. The van der Waals surface area contributed by atoms with Gasteiger partial charge in [-0.3, -0.25) is 4.79 Å². The fourth-order valence-corrected chi connectivity index (χ4v) is 1.86. The third kappa shape index (κ3) is 3.35. The third-order valence-electron chi connectivity index (χ3n) is 2.82. The minimum absolute atomic E-state index is 0. The molecule has 0 spiro atoms. The molecule has 4 N–H and O–H groups in total. The smallest absolute Gasteiger partial charge is 0.253 e. The second-order valence-electron chi connectivity index (χ2n) is 4.07. The summed E-state index contributed by atoms with van der Waals surface area (Å²) in [6.07, 6.45) is 0.967. The van der Waals surface area contributed by atoms with E-state index >= 15 is 0 Å². The second-order valence-corrected chi connectivity index (χ2v) is 4.07. The molecule has 100 valence electrons. The second kappa shape index (κ2) is 6.58. The molecule has 1 aliphatic heterocycles. The van der Waals surface area contributed by atoms with Crippen LogP contribution in [0.5, 0.6) is 5.75 Å². The Bertz CT molecular complexity index is 414. The average molecular weight is 273 g/mol. The van der Waals surface area contributed by atoms with E-state index in [1.165, 1.54) is 6.07 Å². The van der Waals surface area contributed by atoms with Crippen LogP contribution in [0.1, 0.15) is 12.8 Å². The summed E-state index contributed by atoms with van der Waals surface area (Å²) in [5.74, 6) is -0.184. The van der Waals surface area contributed by atoms with E-state index in [9.17, 15) is 9.90 Å². The Labute approximate surface area is 112 Å². The normalized spacial score (nSPS) is 22.3. The first-order valence-corrected chi connectivity index (χ1v) is 5.65. The van der Waals surface area contributed by atoms with E-state index in [-0.39, 0.29) is 30.2 Å². The summed E-state index contributed by atoms with van der Waals surface area (Å²) >= 11 is 0. The average Bonchev–Trinajstić information content (AvgIpc) is 2.81. The zero-order valence-electron chi connectivity index (χ0n) is 9.83. The van der Waals surface area contributed by atoms with Gasteiger partial charge in [0.2, 0.25) is 0 Å². The van der Waals surface area contributed by atoms with Crippen LogP contribution in [0.15, 0.2) is 24.3 Å². The Morgan fingerprint density at radius 2 is 2.17 bits per heavy atom. The molecular formula is C12H17ClN2O3. The van der Waals surface area contributed by atoms with Gasteiger partial charge in [-0.2, -0.15) is 0 Å². The number of carbonyl (C=O) groups is 1. The number of hydrogen-bond acceptors (Lipinski definition) is 4. The van der Waals surface area contributed by atoms with E-state index in [0.29, 0.717) is 18.7 Å². The van der Waals surface area contributed by atoms with Crippen LogP contribution in [0, 0.1) is 0 Å². The van der Waals surface area contributed by atoms with Crippen LogP contribution < -0.4 is 11.1 Å². The Morgan fingerprint density at radius 3 is 2.78 bits per heavy atom. The van der Waals surface area contributed by atoms with Crippen molar-refractivity contribution >= 4 is 24.0 Å². The summed E-state index contributed by atoms with van der Waals surface area (Å²) in [7, 11) is 0. The van der Waals surface area contributed by atoms with Crippen LogP contribution in [0.2, 0.25) is 0 Å². The molecule has 1 fully saturated rings. The SMILES string of the molecule is Cl.NC[C@H]1CC[C@@H](C(=O)Nc2ccccc2O)O1. The number of hydrogen-bond donors (Lipinski definition) is 3.